The minimum atomic E-state index is -0.468. The van der Waals surface area contributed by atoms with Crippen LogP contribution in [0.5, 0.6) is 0 Å². The second-order valence-corrected chi connectivity index (χ2v) is 6.10. The van der Waals surface area contributed by atoms with Gasteiger partial charge >= 0.3 is 0 Å². The van der Waals surface area contributed by atoms with Gasteiger partial charge in [0.15, 0.2) is 0 Å². The Morgan fingerprint density at radius 3 is 2.96 bits per heavy atom. The van der Waals surface area contributed by atoms with Gasteiger partial charge in [0.05, 0.1) is 11.9 Å². The molecule has 26 heavy (non-hydrogen) atoms. The number of aryl methyl sites for hydroxylation is 1. The zero-order chi connectivity index (χ0) is 18.3. The van der Waals surface area contributed by atoms with Crippen molar-refractivity contribution in [3.8, 4) is 0 Å². The molecule has 0 radical (unpaired) electrons. The Bertz CT molecular complexity index is 1080. The lowest BCUT2D eigenvalue weighted by Crippen LogP contribution is -2.23. The fourth-order valence-corrected chi connectivity index (χ4v) is 3.19. The van der Waals surface area contributed by atoms with Crippen LogP contribution in [0.15, 0.2) is 39.8 Å². The van der Waals surface area contributed by atoms with Crippen LogP contribution < -0.4 is 15.8 Å². The van der Waals surface area contributed by atoms with Crippen LogP contribution in [0.1, 0.15) is 29.0 Å². The van der Waals surface area contributed by atoms with Crippen molar-refractivity contribution >= 4 is 34.3 Å². The van der Waals surface area contributed by atoms with Gasteiger partial charge < -0.3 is 19.6 Å². The lowest BCUT2D eigenvalue weighted by molar-refractivity contribution is -0.117. The number of hydrogen-bond donors (Lipinski definition) is 2. The first-order valence-electron chi connectivity index (χ1n) is 8.23. The van der Waals surface area contributed by atoms with E-state index in [4.69, 9.17) is 4.42 Å². The van der Waals surface area contributed by atoms with E-state index in [-0.39, 0.29) is 22.6 Å². The second-order valence-electron chi connectivity index (χ2n) is 6.10. The van der Waals surface area contributed by atoms with Crippen molar-refractivity contribution in [2.75, 3.05) is 16.8 Å². The molecule has 0 aliphatic carbocycles. The summed E-state index contributed by atoms with van der Waals surface area (Å²) in [5.41, 5.74) is 1.10. The first kappa shape index (κ1) is 16.1. The topological polar surface area (TPSA) is 108 Å². The number of benzene rings is 1. The van der Waals surface area contributed by atoms with Crippen molar-refractivity contribution in [3.05, 3.63) is 52.3 Å². The Morgan fingerprint density at radius 2 is 2.19 bits per heavy atom. The number of H-pyrrole nitrogens is 1. The third-order valence-corrected chi connectivity index (χ3v) is 4.39. The summed E-state index contributed by atoms with van der Waals surface area (Å²) in [6.45, 7) is 2.28. The third kappa shape index (κ3) is 2.65. The molecule has 1 aromatic carbocycles. The number of carbonyl (C=O) groups excluding carboxylic acids is 2. The first-order chi connectivity index (χ1) is 12.5. The zero-order valence-corrected chi connectivity index (χ0v) is 14.0. The quantitative estimate of drug-likeness (QED) is 0.751. The second kappa shape index (κ2) is 6.14. The molecule has 0 bridgehead atoms. The van der Waals surface area contributed by atoms with Gasteiger partial charge in [-0.3, -0.25) is 14.4 Å². The summed E-state index contributed by atoms with van der Waals surface area (Å²) in [6.07, 6.45) is 2.59. The van der Waals surface area contributed by atoms with Gasteiger partial charge in [-0.2, -0.15) is 0 Å². The number of fused-ring (bicyclic) bond motifs is 1. The average molecular weight is 352 g/mol. The van der Waals surface area contributed by atoms with Crippen LogP contribution in [0.2, 0.25) is 0 Å². The number of anilines is 2. The Labute approximate surface area is 147 Å². The molecule has 1 saturated heterocycles. The van der Waals surface area contributed by atoms with E-state index in [1.165, 1.54) is 6.33 Å². The van der Waals surface area contributed by atoms with Crippen LogP contribution in [-0.2, 0) is 4.79 Å². The van der Waals surface area contributed by atoms with E-state index < -0.39 is 11.5 Å². The van der Waals surface area contributed by atoms with Gasteiger partial charge in [0.2, 0.25) is 11.6 Å². The molecule has 0 unspecified atom stereocenters. The fourth-order valence-electron chi connectivity index (χ4n) is 3.19. The normalized spacial score (nSPS) is 14.2. The van der Waals surface area contributed by atoms with Crippen molar-refractivity contribution in [3.63, 3.8) is 0 Å². The average Bonchev–Trinajstić information content (AvgIpc) is 3.18. The summed E-state index contributed by atoms with van der Waals surface area (Å²) in [4.78, 5) is 44.8. The highest BCUT2D eigenvalue weighted by atomic mass is 16.3. The number of hydrogen-bond acceptors (Lipinski definition) is 5. The number of rotatable bonds is 3. The fraction of sp³-hybridized carbons (Fsp3) is 0.222. The van der Waals surface area contributed by atoms with E-state index in [9.17, 15) is 14.4 Å². The summed E-state index contributed by atoms with van der Waals surface area (Å²) in [7, 11) is 0. The van der Waals surface area contributed by atoms with E-state index in [0.29, 0.717) is 24.4 Å². The van der Waals surface area contributed by atoms with Crippen LogP contribution in [-0.4, -0.2) is 28.3 Å². The van der Waals surface area contributed by atoms with Gasteiger partial charge in [-0.15, -0.1) is 0 Å². The predicted octanol–water partition coefficient (Wildman–Crippen LogP) is 2.20. The molecule has 2 N–H and O–H groups in total. The van der Waals surface area contributed by atoms with Crippen LogP contribution in [0, 0.1) is 6.92 Å². The van der Waals surface area contributed by atoms with Crippen molar-refractivity contribution in [2.45, 2.75) is 19.8 Å². The molecule has 1 aliphatic heterocycles. The molecule has 0 spiro atoms. The van der Waals surface area contributed by atoms with Crippen LogP contribution in [0.3, 0.4) is 0 Å². The smallest absolute Gasteiger partial charge is 0.262 e. The standard InChI is InChI=1S/C18H16N4O4/c1-10-14(15-16(24)19-9-20-18(15)26-10)17(25)21-11-4-2-5-12(8-11)22-7-3-6-13(22)23/h2,4-5,8-9H,3,6-7H2,1H3,(H,21,25)(H,19,20,24). The molecule has 2 amide bonds. The lowest BCUT2D eigenvalue weighted by atomic mass is 10.1. The van der Waals surface area contributed by atoms with E-state index in [1.54, 1.807) is 30.0 Å². The predicted molar refractivity (Wildman–Crippen MR) is 95.3 cm³/mol. The van der Waals surface area contributed by atoms with Crippen molar-refractivity contribution in [1.29, 1.82) is 0 Å². The molecule has 0 atom stereocenters. The molecule has 1 fully saturated rings. The summed E-state index contributed by atoms with van der Waals surface area (Å²) < 4.78 is 5.41. The minimum Gasteiger partial charge on any atom is -0.442 e. The summed E-state index contributed by atoms with van der Waals surface area (Å²) >= 11 is 0. The highest BCUT2D eigenvalue weighted by Crippen LogP contribution is 2.26. The molecule has 2 aromatic heterocycles. The number of carbonyl (C=O) groups is 2. The maximum atomic E-state index is 12.7. The number of aromatic amines is 1. The first-order valence-corrected chi connectivity index (χ1v) is 8.23. The van der Waals surface area contributed by atoms with Gasteiger partial charge in [-0.25, -0.2) is 4.98 Å². The van der Waals surface area contributed by atoms with E-state index in [1.807, 2.05) is 6.07 Å². The largest absolute Gasteiger partial charge is 0.442 e. The molecule has 3 aromatic rings. The lowest BCUT2D eigenvalue weighted by Gasteiger charge is -2.16. The van der Waals surface area contributed by atoms with Crippen molar-refractivity contribution in [2.24, 2.45) is 0 Å². The van der Waals surface area contributed by atoms with Crippen LogP contribution >= 0.6 is 0 Å². The highest BCUT2D eigenvalue weighted by molar-refractivity contribution is 6.12. The molecule has 8 nitrogen and oxygen atoms in total. The zero-order valence-electron chi connectivity index (χ0n) is 14.0. The van der Waals surface area contributed by atoms with Gasteiger partial charge in [0, 0.05) is 24.3 Å². The number of amides is 2. The Hall–Kier alpha value is -3.42. The van der Waals surface area contributed by atoms with Gasteiger partial charge in [-0.1, -0.05) is 6.07 Å². The maximum absolute atomic E-state index is 12.7. The maximum Gasteiger partial charge on any atom is 0.262 e. The number of nitrogens with zero attached hydrogens (tertiary/aromatic N) is 2. The van der Waals surface area contributed by atoms with Crippen molar-refractivity contribution in [1.82, 2.24) is 9.97 Å². The molecular weight excluding hydrogens is 336 g/mol. The van der Waals surface area contributed by atoms with E-state index in [2.05, 4.69) is 15.3 Å². The highest BCUT2D eigenvalue weighted by Gasteiger charge is 2.24. The molecule has 4 rings (SSSR count). The number of nitrogens with one attached hydrogen (secondary N) is 2. The molecule has 1 aliphatic rings. The van der Waals surface area contributed by atoms with Crippen LogP contribution in [0.4, 0.5) is 11.4 Å². The van der Waals surface area contributed by atoms with Gasteiger partial charge in [0.25, 0.3) is 11.5 Å². The monoisotopic (exact) mass is 352 g/mol. The summed E-state index contributed by atoms with van der Waals surface area (Å²) in [5, 5.41) is 2.88. The Kier molecular flexibility index (Phi) is 3.80. The molecule has 132 valence electrons. The van der Waals surface area contributed by atoms with Crippen molar-refractivity contribution < 1.29 is 14.0 Å². The summed E-state index contributed by atoms with van der Waals surface area (Å²) in [5.74, 6) is -0.0834. The van der Waals surface area contributed by atoms with Gasteiger partial charge in [-0.05, 0) is 31.5 Å². The molecule has 8 heteroatoms. The Balaban J connectivity index is 1.66. The van der Waals surface area contributed by atoms with Gasteiger partial charge in [0.1, 0.15) is 11.1 Å². The summed E-state index contributed by atoms with van der Waals surface area (Å²) in [6, 6.07) is 7.06. The Morgan fingerprint density at radius 1 is 1.35 bits per heavy atom. The van der Waals surface area contributed by atoms with E-state index >= 15 is 0 Å². The molecule has 0 saturated carbocycles. The minimum absolute atomic E-state index is 0.0720. The SMILES string of the molecule is Cc1oc2nc[nH]c(=O)c2c1C(=O)Nc1cccc(N2CCCC2=O)c1. The number of aromatic nitrogens is 2. The molecular formula is C18H16N4O4. The molecule has 3 heterocycles. The number of furan rings is 1. The van der Waals surface area contributed by atoms with E-state index in [0.717, 1.165) is 12.1 Å². The van der Waals surface area contributed by atoms with Crippen LogP contribution in [0.25, 0.3) is 11.1 Å². The third-order valence-electron chi connectivity index (χ3n) is 4.39.